The zero-order chi connectivity index (χ0) is 38.3. The van der Waals surface area contributed by atoms with Crippen LogP contribution in [0.1, 0.15) is 145 Å². The maximum atomic E-state index is 7.04. The summed E-state index contributed by atoms with van der Waals surface area (Å²) in [6, 6.07) is 13.1. The van der Waals surface area contributed by atoms with E-state index in [1.54, 1.807) is 34.4 Å². The van der Waals surface area contributed by atoms with Crippen molar-refractivity contribution in [1.82, 2.24) is 0 Å². The molecular weight excluding hydrogens is 814 g/mol. The molecule has 0 N–H and O–H groups in total. The Morgan fingerprint density at radius 3 is 1.48 bits per heavy atom. The second-order valence-corrected chi connectivity index (χ2v) is 22.2. The lowest BCUT2D eigenvalue weighted by molar-refractivity contribution is 0.845. The molecule has 0 saturated carbocycles. The summed E-state index contributed by atoms with van der Waals surface area (Å²) in [5.41, 5.74) is 5.22. The zero-order valence-corrected chi connectivity index (χ0v) is 39.8. The third-order valence-corrected chi connectivity index (χ3v) is 15.7. The van der Waals surface area contributed by atoms with Gasteiger partial charge in [-0.3, -0.25) is 0 Å². The molecule has 0 bridgehead atoms. The highest BCUT2D eigenvalue weighted by Gasteiger charge is 2.16. The van der Waals surface area contributed by atoms with Gasteiger partial charge in [0, 0.05) is 24.4 Å². The third kappa shape index (κ3) is 16.4. The molecule has 0 spiro atoms. The summed E-state index contributed by atoms with van der Waals surface area (Å²) < 4.78 is 3.47. The quantitative estimate of drug-likeness (QED) is 0.121. The highest BCUT2D eigenvalue weighted by molar-refractivity contribution is 9.11. The van der Waals surface area contributed by atoms with Crippen molar-refractivity contribution in [2.45, 2.75) is 131 Å². The van der Waals surface area contributed by atoms with Crippen LogP contribution in [0.5, 0.6) is 0 Å². The molecule has 0 radical (unpaired) electrons. The van der Waals surface area contributed by atoms with E-state index in [0.717, 1.165) is 9.34 Å². The first kappa shape index (κ1) is 47.1. The van der Waals surface area contributed by atoms with Crippen LogP contribution in [0.15, 0.2) is 49.8 Å². The van der Waals surface area contributed by atoms with E-state index in [4.69, 9.17) is 18.2 Å². The fraction of sp³-hybridized carbons (Fsp3) is 0.488. The van der Waals surface area contributed by atoms with E-state index in [0.29, 0.717) is 29.6 Å². The first-order valence-electron chi connectivity index (χ1n) is 17.0. The lowest BCUT2D eigenvalue weighted by Crippen LogP contribution is -1.88. The van der Waals surface area contributed by atoms with Gasteiger partial charge in [0.15, 0.2) is 0 Å². The van der Waals surface area contributed by atoms with Crippen molar-refractivity contribution < 1.29 is 0 Å². The highest BCUT2D eigenvalue weighted by atomic mass is 79.9. The number of hydrogen-bond donors (Lipinski definition) is 0. The van der Waals surface area contributed by atoms with Gasteiger partial charge in [0.05, 0.1) is 18.9 Å². The van der Waals surface area contributed by atoms with Gasteiger partial charge in [-0.2, -0.15) is 0 Å². The maximum Gasteiger partial charge on any atom is 0.245 e. The molecule has 0 fully saturated rings. The first-order chi connectivity index (χ1) is 23.3. The monoisotopic (exact) mass is 869 g/mol. The van der Waals surface area contributed by atoms with E-state index in [1.165, 1.54) is 54.6 Å². The molecule has 0 aliphatic carbocycles. The normalized spacial score (nSPS) is 10.7. The number of aryl methyl sites for hydroxylation is 3. The van der Waals surface area contributed by atoms with Crippen molar-refractivity contribution in [3.8, 4) is 0 Å². The summed E-state index contributed by atoms with van der Waals surface area (Å²) in [6.07, 6.45) is 2.07. The summed E-state index contributed by atoms with van der Waals surface area (Å²) in [6.45, 7) is 37.5. The van der Waals surface area contributed by atoms with E-state index in [2.05, 4.69) is 159 Å². The highest BCUT2D eigenvalue weighted by Crippen LogP contribution is 2.43. The standard InChI is InChI=1S/C10H13NS2.C8H11ClS.2C8H12S.C7H9BrS/c1-6(2)8-7(3)9(11-4)13-10(8)12-5;1-5(2)7-4-6(3)8(9)10-7;1-6(2)8-4-7(3)9-5-8;1-6(2)8-5-4-7(3)9-8;1-5(2)6-3-4-7(8)9-6/h6H,1-3,5H3;4-5H,1-3H3;2*4-6H,1-3H3;3-5H,1-2H3. The van der Waals surface area contributed by atoms with Gasteiger partial charge in [0.25, 0.3) is 0 Å². The van der Waals surface area contributed by atoms with Gasteiger partial charge in [0.1, 0.15) is 0 Å². The Morgan fingerprint density at radius 2 is 1.24 bits per heavy atom. The third-order valence-electron chi connectivity index (χ3n) is 7.35. The molecule has 0 atom stereocenters. The molecular formula is C41H57BrClNS6. The van der Waals surface area contributed by atoms with Crippen molar-refractivity contribution >= 4 is 101 Å². The number of halogens is 2. The summed E-state index contributed by atoms with van der Waals surface area (Å²) in [5.74, 6) is 3.19. The zero-order valence-electron chi connectivity index (χ0n) is 32.6. The van der Waals surface area contributed by atoms with Crippen molar-refractivity contribution in [2.24, 2.45) is 0 Å². The van der Waals surface area contributed by atoms with E-state index in [9.17, 15) is 0 Å². The second kappa shape index (κ2) is 23.7. The smallest absolute Gasteiger partial charge is 0.226 e. The van der Waals surface area contributed by atoms with Crippen LogP contribution < -0.4 is 0 Å². The summed E-state index contributed by atoms with van der Waals surface area (Å²) in [5, 5.41) is 3.09. The van der Waals surface area contributed by atoms with Gasteiger partial charge in [-0.25, -0.2) is 4.85 Å². The van der Waals surface area contributed by atoms with Crippen molar-refractivity contribution in [1.29, 1.82) is 0 Å². The Hall–Kier alpha value is -0.890. The number of nitrogens with zero attached hydrogens (tertiary/aromatic N) is 1. The van der Waals surface area contributed by atoms with Crippen molar-refractivity contribution in [3.05, 3.63) is 108 Å². The van der Waals surface area contributed by atoms with Crippen LogP contribution in [0.25, 0.3) is 4.85 Å². The van der Waals surface area contributed by atoms with Crippen LogP contribution in [0.3, 0.4) is 0 Å². The molecule has 50 heavy (non-hydrogen) atoms. The minimum Gasteiger partial charge on any atom is -0.226 e. The lowest BCUT2D eigenvalue weighted by atomic mass is 10.0. The number of thioether (sulfide) groups is 1. The van der Waals surface area contributed by atoms with Crippen LogP contribution in [0, 0.1) is 34.3 Å². The topological polar surface area (TPSA) is 4.36 Å². The van der Waals surface area contributed by atoms with Crippen LogP contribution in [-0.2, 0) is 0 Å². The molecule has 0 saturated heterocycles. The predicted octanol–water partition coefficient (Wildman–Crippen LogP) is 18.3. The van der Waals surface area contributed by atoms with E-state index in [1.807, 2.05) is 40.9 Å². The molecule has 0 aliphatic rings. The van der Waals surface area contributed by atoms with Gasteiger partial charge in [-0.15, -0.1) is 68.4 Å². The van der Waals surface area contributed by atoms with Gasteiger partial charge in [-0.1, -0.05) is 80.8 Å². The molecule has 0 amide bonds. The molecule has 276 valence electrons. The minimum atomic E-state index is 0.522. The van der Waals surface area contributed by atoms with Gasteiger partial charge in [-0.05, 0) is 144 Å². The summed E-state index contributed by atoms with van der Waals surface area (Å²) in [4.78, 5) is 10.7. The molecule has 5 aromatic rings. The molecule has 5 rings (SSSR count). The lowest BCUT2D eigenvalue weighted by Gasteiger charge is -2.06. The van der Waals surface area contributed by atoms with Gasteiger partial charge < -0.3 is 0 Å². The fourth-order valence-electron chi connectivity index (χ4n) is 4.35. The summed E-state index contributed by atoms with van der Waals surface area (Å²) >= 11 is 19.9. The number of hydrogen-bond acceptors (Lipinski definition) is 6. The Bertz CT molecular complexity index is 1600. The second-order valence-electron chi connectivity index (χ2n) is 13.5. The molecule has 1 nitrogen and oxygen atoms in total. The molecule has 5 aromatic heterocycles. The average molecular weight is 872 g/mol. The Labute approximate surface area is 342 Å². The van der Waals surface area contributed by atoms with Crippen LogP contribution >= 0.6 is 96.0 Å². The van der Waals surface area contributed by atoms with Crippen molar-refractivity contribution in [2.75, 3.05) is 6.26 Å². The fourth-order valence-corrected chi connectivity index (χ4v) is 10.9. The molecule has 5 heterocycles. The minimum absolute atomic E-state index is 0.522. The van der Waals surface area contributed by atoms with E-state index >= 15 is 0 Å². The Kier molecular flexibility index (Phi) is 22.3. The molecule has 0 unspecified atom stereocenters. The summed E-state index contributed by atoms with van der Waals surface area (Å²) in [7, 11) is 0. The predicted molar refractivity (Wildman–Crippen MR) is 242 cm³/mol. The Morgan fingerprint density at radius 1 is 0.680 bits per heavy atom. The number of rotatable bonds is 6. The molecule has 0 aromatic carbocycles. The average Bonchev–Trinajstić information content (AvgIpc) is 3.88. The SMILES string of the molecule is CC(C)c1ccc(Br)s1.Cc1cc(C(C)C)cs1.Cc1cc(C(C)C)sc1Cl.Cc1ccc(C(C)C)s1.[C-]#[N+]c1sc(SC)c(C(C)C)c1C. The van der Waals surface area contributed by atoms with Crippen LogP contribution in [0.2, 0.25) is 4.34 Å². The molecule has 0 aliphatic heterocycles. The van der Waals surface area contributed by atoms with Gasteiger partial charge in [0.2, 0.25) is 5.00 Å². The van der Waals surface area contributed by atoms with Crippen LogP contribution in [-0.4, -0.2) is 6.26 Å². The van der Waals surface area contributed by atoms with E-state index < -0.39 is 0 Å². The van der Waals surface area contributed by atoms with Crippen molar-refractivity contribution in [3.63, 3.8) is 0 Å². The Balaban J connectivity index is 0.000000315. The largest absolute Gasteiger partial charge is 0.245 e. The maximum absolute atomic E-state index is 7.04. The first-order valence-corrected chi connectivity index (χ1v) is 23.5. The molecule has 9 heteroatoms. The van der Waals surface area contributed by atoms with Crippen LogP contribution in [0.4, 0.5) is 5.00 Å². The van der Waals surface area contributed by atoms with E-state index in [-0.39, 0.29) is 0 Å². The number of thiophene rings is 5. The van der Waals surface area contributed by atoms with Gasteiger partial charge >= 0.3 is 0 Å².